The molecule has 0 aliphatic heterocycles. The lowest BCUT2D eigenvalue weighted by Gasteiger charge is -2.11. The maximum atomic E-state index is 11.7. The molecule has 0 fully saturated rings. The number of carbonyl (C=O) groups is 2. The van der Waals surface area contributed by atoms with Crippen LogP contribution in [0.1, 0.15) is 37.3 Å². The van der Waals surface area contributed by atoms with Crippen LogP contribution < -0.4 is 10.6 Å². The number of esters is 1. The number of rotatable bonds is 6. The fourth-order valence-electron chi connectivity index (χ4n) is 1.67. The van der Waals surface area contributed by atoms with Crippen molar-refractivity contribution in [2.75, 3.05) is 11.9 Å². The molecule has 22 heavy (non-hydrogen) atoms. The van der Waals surface area contributed by atoms with E-state index in [-0.39, 0.29) is 29.8 Å². The van der Waals surface area contributed by atoms with E-state index in [0.29, 0.717) is 6.61 Å². The van der Waals surface area contributed by atoms with Gasteiger partial charge in [0.25, 0.3) is 0 Å². The third-order valence-electron chi connectivity index (χ3n) is 3.04. The Hall–Kier alpha value is -1.95. The number of nitrogens with one attached hydrogen (secondary N) is 2. The minimum Gasteiger partial charge on any atom is -0.466 e. The first-order chi connectivity index (χ1) is 10.4. The molecular formula is C16H22N2O3S. The highest BCUT2D eigenvalue weighted by molar-refractivity contribution is 7.80. The second kappa shape index (κ2) is 9.15. The second-order valence-electron chi connectivity index (χ2n) is 5.02. The first kappa shape index (κ1) is 18.1. The Morgan fingerprint density at radius 1 is 1.18 bits per heavy atom. The molecule has 1 aromatic rings. The summed E-state index contributed by atoms with van der Waals surface area (Å²) in [5, 5.41) is 5.71. The maximum absolute atomic E-state index is 11.7. The summed E-state index contributed by atoms with van der Waals surface area (Å²) in [5.74, 6) is -0.681. The van der Waals surface area contributed by atoms with Crippen molar-refractivity contribution in [1.29, 1.82) is 0 Å². The Labute approximate surface area is 136 Å². The molecule has 0 heterocycles. The van der Waals surface area contributed by atoms with Gasteiger partial charge in [-0.2, -0.15) is 0 Å². The van der Waals surface area contributed by atoms with Gasteiger partial charge < -0.3 is 15.4 Å². The summed E-state index contributed by atoms with van der Waals surface area (Å²) in [7, 11) is 0. The van der Waals surface area contributed by atoms with E-state index in [1.165, 1.54) is 5.56 Å². The van der Waals surface area contributed by atoms with E-state index in [0.717, 1.165) is 17.7 Å². The molecule has 120 valence electrons. The van der Waals surface area contributed by atoms with E-state index in [2.05, 4.69) is 10.6 Å². The van der Waals surface area contributed by atoms with Gasteiger partial charge in [-0.05, 0) is 55.7 Å². The van der Waals surface area contributed by atoms with Gasteiger partial charge in [0.1, 0.15) is 0 Å². The van der Waals surface area contributed by atoms with Crippen molar-refractivity contribution in [1.82, 2.24) is 5.32 Å². The summed E-state index contributed by atoms with van der Waals surface area (Å²) >= 11 is 5.08. The lowest BCUT2D eigenvalue weighted by Crippen LogP contribution is -2.34. The van der Waals surface area contributed by atoms with Gasteiger partial charge in [0.2, 0.25) is 5.91 Å². The molecule has 0 bridgehead atoms. The third-order valence-corrected chi connectivity index (χ3v) is 3.25. The number of amides is 1. The van der Waals surface area contributed by atoms with E-state index in [1.54, 1.807) is 0 Å². The lowest BCUT2D eigenvalue weighted by atomic mass is 10.1. The second-order valence-corrected chi connectivity index (χ2v) is 5.43. The number of hydrogen-bond acceptors (Lipinski definition) is 4. The summed E-state index contributed by atoms with van der Waals surface area (Å²) in [6.07, 6.45) is 0.872. The van der Waals surface area contributed by atoms with Crippen molar-refractivity contribution in [3.8, 4) is 0 Å². The Bertz CT molecular complexity index is 558. The molecule has 0 aromatic heterocycles. The van der Waals surface area contributed by atoms with Crippen LogP contribution in [0.25, 0.3) is 0 Å². The van der Waals surface area contributed by atoms with E-state index >= 15 is 0 Å². The van der Waals surface area contributed by atoms with Crippen molar-refractivity contribution >= 4 is 34.9 Å². The molecule has 0 saturated heterocycles. The van der Waals surface area contributed by atoms with Gasteiger partial charge in [0, 0.05) is 12.1 Å². The fourth-order valence-corrected chi connectivity index (χ4v) is 1.91. The number of thiocarbonyl (C=S) groups is 1. The van der Waals surface area contributed by atoms with Crippen LogP contribution in [0.15, 0.2) is 18.2 Å². The SMILES string of the molecule is CCCOC(=O)CCC(=O)NC(=S)Nc1ccc(C)c(C)c1. The molecule has 0 aliphatic rings. The molecular weight excluding hydrogens is 300 g/mol. The Balaban J connectivity index is 2.36. The van der Waals surface area contributed by atoms with Crippen molar-refractivity contribution < 1.29 is 14.3 Å². The number of carbonyl (C=O) groups excluding carboxylic acids is 2. The molecule has 1 rings (SSSR count). The summed E-state index contributed by atoms with van der Waals surface area (Å²) in [6.45, 7) is 6.32. The predicted molar refractivity (Wildman–Crippen MR) is 90.8 cm³/mol. The highest BCUT2D eigenvalue weighted by Gasteiger charge is 2.09. The zero-order valence-corrected chi connectivity index (χ0v) is 14.0. The minimum absolute atomic E-state index is 0.0529. The average Bonchev–Trinajstić information content (AvgIpc) is 2.46. The molecule has 0 radical (unpaired) electrons. The Morgan fingerprint density at radius 2 is 1.91 bits per heavy atom. The lowest BCUT2D eigenvalue weighted by molar-refractivity contribution is -0.144. The molecule has 0 atom stereocenters. The molecule has 1 aromatic carbocycles. The van der Waals surface area contributed by atoms with Crippen molar-refractivity contribution in [2.45, 2.75) is 40.0 Å². The minimum atomic E-state index is -0.370. The number of ether oxygens (including phenoxy) is 1. The predicted octanol–water partition coefficient (Wildman–Crippen LogP) is 2.85. The molecule has 6 heteroatoms. The first-order valence-electron chi connectivity index (χ1n) is 7.26. The normalized spacial score (nSPS) is 9.95. The molecule has 2 N–H and O–H groups in total. The first-order valence-corrected chi connectivity index (χ1v) is 7.67. The van der Waals surface area contributed by atoms with Crippen LogP contribution in [0.3, 0.4) is 0 Å². The smallest absolute Gasteiger partial charge is 0.306 e. The molecule has 1 amide bonds. The van der Waals surface area contributed by atoms with Crippen LogP contribution in [-0.4, -0.2) is 23.6 Å². The monoisotopic (exact) mass is 322 g/mol. The van der Waals surface area contributed by atoms with Crippen LogP contribution in [0, 0.1) is 13.8 Å². The van der Waals surface area contributed by atoms with Gasteiger partial charge in [0.15, 0.2) is 5.11 Å². The van der Waals surface area contributed by atoms with Crippen LogP contribution in [0.5, 0.6) is 0 Å². The summed E-state index contributed by atoms with van der Waals surface area (Å²) in [6, 6.07) is 5.82. The number of hydrogen-bond donors (Lipinski definition) is 2. The number of aryl methyl sites for hydroxylation is 2. The average molecular weight is 322 g/mol. The number of benzene rings is 1. The van der Waals surface area contributed by atoms with Gasteiger partial charge >= 0.3 is 5.97 Å². The van der Waals surface area contributed by atoms with E-state index in [1.807, 2.05) is 39.0 Å². The van der Waals surface area contributed by atoms with Crippen molar-refractivity contribution in [3.63, 3.8) is 0 Å². The van der Waals surface area contributed by atoms with Crippen LogP contribution in [0.4, 0.5) is 5.69 Å². The van der Waals surface area contributed by atoms with E-state index < -0.39 is 0 Å². The Kier molecular flexibility index (Phi) is 7.52. The quantitative estimate of drug-likeness (QED) is 0.623. The summed E-state index contributed by atoms with van der Waals surface area (Å²) in [4.78, 5) is 23.0. The molecule has 0 unspecified atom stereocenters. The van der Waals surface area contributed by atoms with Crippen LogP contribution in [-0.2, 0) is 14.3 Å². The van der Waals surface area contributed by atoms with Crippen LogP contribution in [0.2, 0.25) is 0 Å². The summed E-state index contributed by atoms with van der Waals surface area (Å²) in [5.41, 5.74) is 3.14. The highest BCUT2D eigenvalue weighted by atomic mass is 32.1. The van der Waals surface area contributed by atoms with Gasteiger partial charge in [-0.25, -0.2) is 0 Å². The van der Waals surface area contributed by atoms with Gasteiger partial charge in [-0.1, -0.05) is 13.0 Å². The zero-order valence-electron chi connectivity index (χ0n) is 13.2. The van der Waals surface area contributed by atoms with E-state index in [4.69, 9.17) is 17.0 Å². The van der Waals surface area contributed by atoms with E-state index in [9.17, 15) is 9.59 Å². The maximum Gasteiger partial charge on any atom is 0.306 e. The largest absolute Gasteiger partial charge is 0.466 e. The van der Waals surface area contributed by atoms with Gasteiger partial charge in [-0.3, -0.25) is 9.59 Å². The van der Waals surface area contributed by atoms with Crippen molar-refractivity contribution in [3.05, 3.63) is 29.3 Å². The molecule has 0 saturated carbocycles. The third kappa shape index (κ3) is 6.67. The molecule has 0 spiro atoms. The number of anilines is 1. The molecule has 0 aliphatic carbocycles. The summed E-state index contributed by atoms with van der Waals surface area (Å²) < 4.78 is 4.90. The van der Waals surface area contributed by atoms with Crippen LogP contribution >= 0.6 is 12.2 Å². The standard InChI is InChI=1S/C16H22N2O3S/c1-4-9-21-15(20)8-7-14(19)18-16(22)17-13-6-5-11(2)12(3)10-13/h5-6,10H,4,7-9H2,1-3H3,(H2,17,18,19,22). The topological polar surface area (TPSA) is 67.4 Å². The zero-order chi connectivity index (χ0) is 16.5. The van der Waals surface area contributed by atoms with Crippen molar-refractivity contribution in [2.24, 2.45) is 0 Å². The molecule has 5 nitrogen and oxygen atoms in total. The van der Waals surface area contributed by atoms with Gasteiger partial charge in [-0.15, -0.1) is 0 Å². The fraction of sp³-hybridized carbons (Fsp3) is 0.438. The highest BCUT2D eigenvalue weighted by Crippen LogP contribution is 2.13. The van der Waals surface area contributed by atoms with Gasteiger partial charge in [0.05, 0.1) is 13.0 Å². The Morgan fingerprint density at radius 3 is 2.55 bits per heavy atom.